The Balaban J connectivity index is 1.51. The molecule has 2 atom stereocenters. The zero-order valence-electron chi connectivity index (χ0n) is 19.7. The lowest BCUT2D eigenvalue weighted by Gasteiger charge is -2.23. The molecule has 0 aliphatic carbocycles. The van der Waals surface area contributed by atoms with E-state index in [2.05, 4.69) is 46.7 Å². The van der Waals surface area contributed by atoms with E-state index in [4.69, 9.17) is 4.74 Å². The van der Waals surface area contributed by atoms with Crippen molar-refractivity contribution < 1.29 is 9.53 Å². The topological polar surface area (TPSA) is 53.6 Å². The maximum absolute atomic E-state index is 13.0. The summed E-state index contributed by atoms with van der Waals surface area (Å²) in [4.78, 5) is 15.4. The van der Waals surface area contributed by atoms with Crippen molar-refractivity contribution in [2.75, 3.05) is 26.7 Å². The van der Waals surface area contributed by atoms with E-state index < -0.39 is 0 Å². The van der Waals surface area contributed by atoms with Crippen LogP contribution in [-0.4, -0.2) is 49.6 Å². The predicted molar refractivity (Wildman–Crippen MR) is 131 cm³/mol. The Hall–Kier alpha value is -2.37. The molecule has 0 aromatic heterocycles. The molecule has 2 N–H and O–H groups in total. The van der Waals surface area contributed by atoms with Crippen molar-refractivity contribution in [3.8, 4) is 5.75 Å². The van der Waals surface area contributed by atoms with Gasteiger partial charge < -0.3 is 15.4 Å². The predicted octanol–water partition coefficient (Wildman–Crippen LogP) is 4.17. The fraction of sp³-hybridized carbons (Fsp3) is 0.519. The van der Waals surface area contributed by atoms with Gasteiger partial charge in [0.05, 0.1) is 13.2 Å². The van der Waals surface area contributed by atoms with Gasteiger partial charge in [0.2, 0.25) is 5.91 Å². The van der Waals surface area contributed by atoms with Crippen LogP contribution >= 0.6 is 0 Å². The van der Waals surface area contributed by atoms with Crippen molar-refractivity contribution in [2.45, 2.75) is 64.1 Å². The third-order valence-electron chi connectivity index (χ3n) is 6.31. The summed E-state index contributed by atoms with van der Waals surface area (Å²) >= 11 is 0. The van der Waals surface area contributed by atoms with Crippen LogP contribution in [0, 0.1) is 0 Å². The van der Waals surface area contributed by atoms with E-state index in [1.165, 1.54) is 30.4 Å². The second-order valence-corrected chi connectivity index (χ2v) is 8.76. The van der Waals surface area contributed by atoms with Crippen molar-refractivity contribution in [2.24, 2.45) is 0 Å². The minimum absolute atomic E-state index is 0.0410. The molecule has 0 saturated carbocycles. The molecule has 3 rings (SSSR count). The number of unbranched alkanes of at least 4 members (excludes halogenated alkanes) is 3. The average Bonchev–Trinajstić information content (AvgIpc) is 3.24. The van der Waals surface area contributed by atoms with Gasteiger partial charge in [-0.05, 0) is 49.1 Å². The Bertz CT molecular complexity index is 794. The number of rotatable bonds is 13. The molecule has 2 aromatic rings. The summed E-state index contributed by atoms with van der Waals surface area (Å²) in [6, 6.07) is 18.8. The largest absolute Gasteiger partial charge is 0.497 e. The molecule has 5 heteroatoms. The number of benzene rings is 2. The normalized spacial score (nSPS) is 18.6. The van der Waals surface area contributed by atoms with Crippen LogP contribution in [0.1, 0.15) is 50.2 Å². The molecular weight excluding hydrogens is 398 g/mol. The summed E-state index contributed by atoms with van der Waals surface area (Å²) in [6.07, 6.45) is 6.62. The van der Waals surface area contributed by atoms with Gasteiger partial charge in [0.25, 0.3) is 0 Å². The van der Waals surface area contributed by atoms with Crippen LogP contribution in [0.3, 0.4) is 0 Å². The molecule has 1 aliphatic heterocycles. The molecule has 2 aromatic carbocycles. The average molecular weight is 438 g/mol. The van der Waals surface area contributed by atoms with Gasteiger partial charge in [-0.25, -0.2) is 0 Å². The molecule has 1 amide bonds. The van der Waals surface area contributed by atoms with Crippen molar-refractivity contribution >= 4 is 5.91 Å². The van der Waals surface area contributed by atoms with E-state index in [1.54, 1.807) is 7.11 Å². The minimum atomic E-state index is -0.0410. The molecule has 5 nitrogen and oxygen atoms in total. The van der Waals surface area contributed by atoms with Gasteiger partial charge >= 0.3 is 0 Å². The first-order valence-electron chi connectivity index (χ1n) is 12.1. The van der Waals surface area contributed by atoms with Crippen LogP contribution in [0.5, 0.6) is 5.75 Å². The summed E-state index contributed by atoms with van der Waals surface area (Å²) < 4.78 is 5.25. The van der Waals surface area contributed by atoms with Crippen LogP contribution < -0.4 is 15.4 Å². The van der Waals surface area contributed by atoms with Gasteiger partial charge in [-0.2, -0.15) is 0 Å². The zero-order chi connectivity index (χ0) is 22.6. The second-order valence-electron chi connectivity index (χ2n) is 8.76. The first-order chi connectivity index (χ1) is 15.7. The van der Waals surface area contributed by atoms with Gasteiger partial charge in [0.1, 0.15) is 5.75 Å². The number of nitrogens with zero attached hydrogens (tertiary/aromatic N) is 1. The number of ether oxygens (including phenoxy) is 1. The Morgan fingerprint density at radius 1 is 1.03 bits per heavy atom. The van der Waals surface area contributed by atoms with Crippen molar-refractivity contribution in [3.05, 3.63) is 65.7 Å². The van der Waals surface area contributed by atoms with Crippen LogP contribution in [0.2, 0.25) is 0 Å². The molecule has 174 valence electrons. The summed E-state index contributed by atoms with van der Waals surface area (Å²) in [6.45, 7) is 5.65. The van der Waals surface area contributed by atoms with Gasteiger partial charge in [0.15, 0.2) is 0 Å². The highest BCUT2D eigenvalue weighted by atomic mass is 16.5. The number of hydrogen-bond donors (Lipinski definition) is 2. The van der Waals surface area contributed by atoms with E-state index in [9.17, 15) is 4.79 Å². The first-order valence-corrected chi connectivity index (χ1v) is 12.1. The number of carbonyl (C=O) groups excluding carboxylic acids is 1. The SMILES string of the molecule is CCCCCCN1CC(NCc2ccc(OC)cc2)CC1C(=O)NCCc1ccccc1. The number of amides is 1. The fourth-order valence-electron chi connectivity index (χ4n) is 4.41. The van der Waals surface area contributed by atoms with Crippen LogP contribution in [0.25, 0.3) is 0 Å². The van der Waals surface area contributed by atoms with Crippen molar-refractivity contribution in [1.29, 1.82) is 0 Å². The maximum Gasteiger partial charge on any atom is 0.237 e. The van der Waals surface area contributed by atoms with E-state index >= 15 is 0 Å². The Morgan fingerprint density at radius 2 is 1.81 bits per heavy atom. The van der Waals surface area contributed by atoms with Crippen molar-refractivity contribution in [3.63, 3.8) is 0 Å². The van der Waals surface area contributed by atoms with E-state index in [0.29, 0.717) is 12.6 Å². The molecule has 32 heavy (non-hydrogen) atoms. The fourth-order valence-corrected chi connectivity index (χ4v) is 4.41. The molecule has 1 heterocycles. The lowest BCUT2D eigenvalue weighted by atomic mass is 10.1. The summed E-state index contributed by atoms with van der Waals surface area (Å²) in [5, 5.41) is 6.86. The molecule has 1 fully saturated rings. The second kappa shape index (κ2) is 13.2. The molecule has 2 unspecified atom stereocenters. The standard InChI is InChI=1S/C27H39N3O2/c1-3-4-5-9-18-30-21-24(29-20-23-12-14-25(32-2)15-13-23)19-26(30)27(31)28-17-16-22-10-7-6-8-11-22/h6-8,10-15,24,26,29H,3-5,9,16-21H2,1-2H3,(H,28,31). The molecule has 0 radical (unpaired) electrons. The van der Waals surface area contributed by atoms with Gasteiger partial charge in [-0.1, -0.05) is 68.7 Å². The van der Waals surface area contributed by atoms with Gasteiger partial charge in [-0.15, -0.1) is 0 Å². The lowest BCUT2D eigenvalue weighted by molar-refractivity contribution is -0.125. The molecule has 0 bridgehead atoms. The summed E-state index contributed by atoms with van der Waals surface area (Å²) in [7, 11) is 1.69. The minimum Gasteiger partial charge on any atom is -0.497 e. The highest BCUT2D eigenvalue weighted by molar-refractivity contribution is 5.82. The van der Waals surface area contributed by atoms with Gasteiger partial charge in [0, 0.05) is 25.7 Å². The number of nitrogens with one attached hydrogen (secondary N) is 2. The Kier molecular flexibility index (Phi) is 10.0. The zero-order valence-corrected chi connectivity index (χ0v) is 19.7. The van der Waals surface area contributed by atoms with Crippen LogP contribution in [0.15, 0.2) is 54.6 Å². The maximum atomic E-state index is 13.0. The van der Waals surface area contributed by atoms with Crippen LogP contribution in [-0.2, 0) is 17.8 Å². The van der Waals surface area contributed by atoms with E-state index in [1.807, 2.05) is 30.3 Å². The third-order valence-corrected chi connectivity index (χ3v) is 6.31. The molecular formula is C27H39N3O2. The number of methoxy groups -OCH3 is 1. The highest BCUT2D eigenvalue weighted by Gasteiger charge is 2.35. The number of hydrogen-bond acceptors (Lipinski definition) is 4. The first kappa shape index (κ1) is 24.3. The Labute approximate surface area is 193 Å². The Morgan fingerprint density at radius 3 is 2.53 bits per heavy atom. The smallest absolute Gasteiger partial charge is 0.237 e. The van der Waals surface area contributed by atoms with E-state index in [-0.39, 0.29) is 11.9 Å². The number of likely N-dealkylation sites (tertiary alicyclic amines) is 1. The highest BCUT2D eigenvalue weighted by Crippen LogP contribution is 2.20. The van der Waals surface area contributed by atoms with E-state index in [0.717, 1.165) is 44.6 Å². The molecule has 1 aliphatic rings. The molecule has 1 saturated heterocycles. The quantitative estimate of drug-likeness (QED) is 0.462. The van der Waals surface area contributed by atoms with Crippen LogP contribution in [0.4, 0.5) is 0 Å². The lowest BCUT2D eigenvalue weighted by Crippen LogP contribution is -2.44. The molecule has 0 spiro atoms. The van der Waals surface area contributed by atoms with Crippen molar-refractivity contribution in [1.82, 2.24) is 15.5 Å². The number of carbonyl (C=O) groups is 1. The summed E-state index contributed by atoms with van der Waals surface area (Å²) in [5.74, 6) is 1.05. The summed E-state index contributed by atoms with van der Waals surface area (Å²) in [5.41, 5.74) is 2.49. The monoisotopic (exact) mass is 437 g/mol. The third kappa shape index (κ3) is 7.64. The van der Waals surface area contributed by atoms with Gasteiger partial charge in [-0.3, -0.25) is 9.69 Å².